The Morgan fingerprint density at radius 2 is 1.65 bits per heavy atom. The number of aromatic nitrogens is 2. The number of amides is 4. The lowest BCUT2D eigenvalue weighted by Gasteiger charge is -2.35. The van der Waals surface area contributed by atoms with Gasteiger partial charge in [-0.1, -0.05) is 26.8 Å². The molecule has 1 aromatic heterocycles. The standard InChI is InChI=1S/C35H52N8O8S/c1-6-22-19-35(22,31(46)40-52(48,49)24-14-15-24)39-29(44)25-20-42(27-18-26(36-32(37-27)50-5)41-16-10-7-11-17-41)21-43(25)30(45)28(34(2,3)4)38-33(47)51-23-12-8-9-13-23/h6,18,22-25,28H,1,7-17,19-21H2,2-5H3,(H,38,47)(H,39,44)(H,40,46)/t22-,25+,28-,35-/m1/s1. The fourth-order valence-corrected chi connectivity index (χ4v) is 8.71. The highest BCUT2D eigenvalue weighted by molar-refractivity contribution is 7.91. The Morgan fingerprint density at radius 3 is 2.23 bits per heavy atom. The maximum atomic E-state index is 14.6. The van der Waals surface area contributed by atoms with Crippen molar-refractivity contribution in [1.29, 1.82) is 0 Å². The zero-order valence-corrected chi connectivity index (χ0v) is 31.4. The SMILES string of the molecule is C=C[C@@H]1C[C@]1(NC(=O)[C@@H]1CN(c2cc(N3CCCCC3)nc(OC)n2)CN1C(=O)[C@@H](NC(=O)OC1CCCC1)C(C)(C)C)C(=O)NS(=O)(=O)C1CC1. The van der Waals surface area contributed by atoms with Crippen LogP contribution < -0.4 is 29.9 Å². The van der Waals surface area contributed by atoms with E-state index in [1.165, 1.54) is 18.1 Å². The molecule has 17 heteroatoms. The summed E-state index contributed by atoms with van der Waals surface area (Å²) >= 11 is 0. The van der Waals surface area contributed by atoms with Crippen molar-refractivity contribution in [2.24, 2.45) is 11.3 Å². The molecule has 2 saturated heterocycles. The van der Waals surface area contributed by atoms with E-state index < -0.39 is 68.0 Å². The average molecular weight is 745 g/mol. The van der Waals surface area contributed by atoms with Crippen LogP contribution in [0, 0.1) is 11.3 Å². The number of ether oxygens (including phenoxy) is 2. The number of methoxy groups -OCH3 is 1. The minimum Gasteiger partial charge on any atom is -0.467 e. The van der Waals surface area contributed by atoms with Gasteiger partial charge in [0.25, 0.3) is 5.91 Å². The molecule has 3 N–H and O–H groups in total. The van der Waals surface area contributed by atoms with Crippen LogP contribution in [0.4, 0.5) is 16.4 Å². The minimum atomic E-state index is -3.89. The molecule has 6 rings (SSSR count). The number of nitrogens with zero attached hydrogens (tertiary/aromatic N) is 5. The van der Waals surface area contributed by atoms with Crippen molar-refractivity contribution in [2.75, 3.05) is 43.2 Å². The number of alkyl carbamates (subject to hydrolysis) is 1. The second kappa shape index (κ2) is 14.7. The number of hydrogen-bond donors (Lipinski definition) is 3. The van der Waals surface area contributed by atoms with Gasteiger partial charge in [-0.05, 0) is 69.6 Å². The van der Waals surface area contributed by atoms with Gasteiger partial charge in [-0.3, -0.25) is 19.1 Å². The summed E-state index contributed by atoms with van der Waals surface area (Å²) in [5.74, 6) is -1.43. The molecule has 4 amide bonds. The van der Waals surface area contributed by atoms with Gasteiger partial charge in [0, 0.05) is 25.1 Å². The monoisotopic (exact) mass is 744 g/mol. The molecule has 3 saturated carbocycles. The molecule has 1 aromatic rings. The Kier molecular flexibility index (Phi) is 10.6. The van der Waals surface area contributed by atoms with Gasteiger partial charge in [0.2, 0.25) is 21.8 Å². The summed E-state index contributed by atoms with van der Waals surface area (Å²) in [6.07, 6.45) is 8.28. The highest BCUT2D eigenvalue weighted by Crippen LogP contribution is 2.45. The predicted molar refractivity (Wildman–Crippen MR) is 192 cm³/mol. The van der Waals surface area contributed by atoms with Crippen molar-refractivity contribution in [3.8, 4) is 6.01 Å². The summed E-state index contributed by atoms with van der Waals surface area (Å²) in [4.78, 5) is 70.0. The van der Waals surface area contributed by atoms with E-state index in [0.717, 1.165) is 58.0 Å². The summed E-state index contributed by atoms with van der Waals surface area (Å²) in [7, 11) is -2.42. The van der Waals surface area contributed by atoms with Crippen LogP contribution in [-0.4, -0.2) is 109 Å². The molecule has 0 unspecified atom stereocenters. The van der Waals surface area contributed by atoms with Crippen LogP contribution >= 0.6 is 0 Å². The van der Waals surface area contributed by atoms with Crippen LogP contribution in [0.25, 0.3) is 0 Å². The molecule has 0 aromatic carbocycles. The van der Waals surface area contributed by atoms with Crippen LogP contribution in [-0.2, 0) is 29.1 Å². The third-order valence-electron chi connectivity index (χ3n) is 10.7. The molecular formula is C35H52N8O8S. The molecule has 3 heterocycles. The topological polar surface area (TPSA) is 192 Å². The van der Waals surface area contributed by atoms with Gasteiger partial charge in [-0.25, -0.2) is 13.2 Å². The largest absolute Gasteiger partial charge is 0.467 e. The fraction of sp³-hybridized carbons (Fsp3) is 0.714. The molecule has 4 atom stereocenters. The quantitative estimate of drug-likeness (QED) is 0.265. The minimum absolute atomic E-state index is 0.0165. The number of carbonyl (C=O) groups excluding carboxylic acids is 4. The Hall–Kier alpha value is -4.15. The van der Waals surface area contributed by atoms with Crippen molar-refractivity contribution in [3.05, 3.63) is 18.7 Å². The molecule has 3 aliphatic carbocycles. The number of carbonyl (C=O) groups is 4. The Balaban J connectivity index is 1.29. The third kappa shape index (κ3) is 8.08. The zero-order chi connectivity index (χ0) is 37.4. The molecule has 5 aliphatic rings. The van der Waals surface area contributed by atoms with Gasteiger partial charge >= 0.3 is 12.1 Å². The van der Waals surface area contributed by atoms with Crippen molar-refractivity contribution in [2.45, 2.75) is 114 Å². The van der Waals surface area contributed by atoms with E-state index in [1.807, 2.05) is 26.8 Å². The van der Waals surface area contributed by atoms with E-state index in [0.29, 0.717) is 24.5 Å². The summed E-state index contributed by atoms with van der Waals surface area (Å²) < 4.78 is 38.7. The molecule has 2 aliphatic heterocycles. The van der Waals surface area contributed by atoms with Crippen LogP contribution in [0.15, 0.2) is 18.7 Å². The first-order valence-corrected chi connectivity index (χ1v) is 19.9. The zero-order valence-electron chi connectivity index (χ0n) is 30.6. The number of anilines is 2. The Labute approximate surface area is 305 Å². The molecule has 0 spiro atoms. The lowest BCUT2D eigenvalue weighted by molar-refractivity contribution is -0.142. The third-order valence-corrected chi connectivity index (χ3v) is 12.6. The van der Waals surface area contributed by atoms with E-state index in [4.69, 9.17) is 9.47 Å². The lowest BCUT2D eigenvalue weighted by Crippen LogP contribution is -2.60. The maximum absolute atomic E-state index is 14.6. The molecule has 52 heavy (non-hydrogen) atoms. The highest BCUT2D eigenvalue weighted by atomic mass is 32.2. The van der Waals surface area contributed by atoms with Crippen molar-refractivity contribution in [1.82, 2.24) is 30.2 Å². The van der Waals surface area contributed by atoms with Crippen molar-refractivity contribution in [3.63, 3.8) is 0 Å². The molecule has 5 fully saturated rings. The summed E-state index contributed by atoms with van der Waals surface area (Å²) in [5, 5.41) is 4.96. The number of nitrogens with one attached hydrogen (secondary N) is 3. The first kappa shape index (κ1) is 37.6. The number of rotatable bonds is 12. The Morgan fingerprint density at radius 1 is 1.00 bits per heavy atom. The Bertz CT molecular complexity index is 1670. The smallest absolute Gasteiger partial charge is 0.408 e. The molecular weight excluding hydrogens is 693 g/mol. The van der Waals surface area contributed by atoms with Crippen LogP contribution in [0.3, 0.4) is 0 Å². The average Bonchev–Trinajstić information content (AvgIpc) is 3.99. The van der Waals surface area contributed by atoms with E-state index >= 15 is 0 Å². The van der Waals surface area contributed by atoms with E-state index in [9.17, 15) is 27.6 Å². The van der Waals surface area contributed by atoms with Gasteiger partial charge in [-0.2, -0.15) is 9.97 Å². The van der Waals surface area contributed by atoms with Gasteiger partial charge < -0.3 is 34.8 Å². The normalized spacial score (nSPS) is 25.7. The second-order valence-corrected chi connectivity index (χ2v) is 17.7. The molecule has 16 nitrogen and oxygen atoms in total. The summed E-state index contributed by atoms with van der Waals surface area (Å²) in [6, 6.07) is -0.294. The predicted octanol–water partition coefficient (Wildman–Crippen LogP) is 2.20. The summed E-state index contributed by atoms with van der Waals surface area (Å²) in [5.41, 5.74) is -2.34. The summed E-state index contributed by atoms with van der Waals surface area (Å²) in [6.45, 7) is 10.8. The maximum Gasteiger partial charge on any atom is 0.408 e. The van der Waals surface area contributed by atoms with Gasteiger partial charge in [-0.15, -0.1) is 6.58 Å². The fourth-order valence-electron chi connectivity index (χ4n) is 7.34. The van der Waals surface area contributed by atoms with Gasteiger partial charge in [0.15, 0.2) is 0 Å². The van der Waals surface area contributed by atoms with Crippen LogP contribution in [0.1, 0.15) is 85.0 Å². The van der Waals surface area contributed by atoms with Crippen molar-refractivity contribution >= 4 is 45.5 Å². The van der Waals surface area contributed by atoms with E-state index in [1.54, 1.807) is 4.90 Å². The lowest BCUT2D eigenvalue weighted by atomic mass is 9.85. The first-order valence-electron chi connectivity index (χ1n) is 18.4. The number of piperidine rings is 1. The number of sulfonamides is 1. The van der Waals surface area contributed by atoms with Crippen LogP contribution in [0.5, 0.6) is 6.01 Å². The van der Waals surface area contributed by atoms with Gasteiger partial charge in [0.1, 0.15) is 35.4 Å². The molecule has 286 valence electrons. The van der Waals surface area contributed by atoms with Gasteiger partial charge in [0.05, 0.1) is 25.6 Å². The van der Waals surface area contributed by atoms with E-state index in [-0.39, 0.29) is 31.7 Å². The second-order valence-electron chi connectivity index (χ2n) is 15.7. The number of hydrogen-bond acceptors (Lipinski definition) is 12. The van der Waals surface area contributed by atoms with Crippen LogP contribution in [0.2, 0.25) is 0 Å². The molecule has 0 bridgehead atoms. The van der Waals surface area contributed by atoms with Crippen molar-refractivity contribution < 1.29 is 37.1 Å². The molecule has 0 radical (unpaired) electrons. The van der Waals surface area contributed by atoms with E-state index in [2.05, 4.69) is 36.8 Å². The highest BCUT2D eigenvalue weighted by Gasteiger charge is 2.62. The first-order chi connectivity index (χ1) is 24.6.